The number of aromatic nitrogens is 4. The molecule has 8 nitrogen and oxygen atoms in total. The molecule has 26 heavy (non-hydrogen) atoms. The van der Waals surface area contributed by atoms with Crippen molar-refractivity contribution in [1.29, 1.82) is 0 Å². The molecule has 1 N–H and O–H groups in total. The zero-order valence-corrected chi connectivity index (χ0v) is 14.0. The third kappa shape index (κ3) is 3.82. The van der Waals surface area contributed by atoms with Crippen molar-refractivity contribution in [2.75, 3.05) is 6.61 Å². The van der Waals surface area contributed by atoms with Gasteiger partial charge in [0.05, 0.1) is 11.3 Å². The Kier molecular flexibility index (Phi) is 5.16. The SMILES string of the molecule is CCc1c(C(=O)OCC(=O)NCc2ccc(F)cc2)cnc2ncnn12. The Labute approximate surface area is 148 Å². The van der Waals surface area contributed by atoms with Gasteiger partial charge in [0.2, 0.25) is 0 Å². The van der Waals surface area contributed by atoms with Gasteiger partial charge in [-0.1, -0.05) is 19.1 Å². The monoisotopic (exact) mass is 357 g/mol. The topological polar surface area (TPSA) is 98.5 Å². The first-order valence-electron chi connectivity index (χ1n) is 7.94. The molecule has 0 saturated heterocycles. The van der Waals surface area contributed by atoms with Crippen LogP contribution in [0, 0.1) is 5.82 Å². The third-order valence-corrected chi connectivity index (χ3v) is 3.70. The van der Waals surface area contributed by atoms with E-state index in [0.717, 1.165) is 5.56 Å². The largest absolute Gasteiger partial charge is 0.452 e. The molecule has 3 aromatic rings. The number of hydrogen-bond acceptors (Lipinski definition) is 6. The van der Waals surface area contributed by atoms with E-state index in [1.165, 1.54) is 29.2 Å². The second-order valence-electron chi connectivity index (χ2n) is 5.42. The Morgan fingerprint density at radius 2 is 2.00 bits per heavy atom. The van der Waals surface area contributed by atoms with Crippen LogP contribution in [0.1, 0.15) is 28.5 Å². The van der Waals surface area contributed by atoms with Crippen LogP contribution in [0.15, 0.2) is 36.8 Å². The van der Waals surface area contributed by atoms with Crippen LogP contribution in [0.4, 0.5) is 4.39 Å². The van der Waals surface area contributed by atoms with E-state index in [-0.39, 0.29) is 17.9 Å². The number of carbonyl (C=O) groups is 2. The second-order valence-corrected chi connectivity index (χ2v) is 5.42. The first-order chi connectivity index (χ1) is 12.6. The van der Waals surface area contributed by atoms with Crippen LogP contribution in [-0.2, 0) is 22.5 Å². The fourth-order valence-electron chi connectivity index (χ4n) is 2.40. The van der Waals surface area contributed by atoms with Gasteiger partial charge in [0.25, 0.3) is 11.7 Å². The van der Waals surface area contributed by atoms with E-state index in [1.54, 1.807) is 12.1 Å². The van der Waals surface area contributed by atoms with E-state index >= 15 is 0 Å². The van der Waals surface area contributed by atoms with E-state index in [4.69, 9.17) is 4.74 Å². The first kappa shape index (κ1) is 17.5. The third-order valence-electron chi connectivity index (χ3n) is 3.70. The molecular weight excluding hydrogens is 341 g/mol. The molecule has 2 heterocycles. The predicted molar refractivity (Wildman–Crippen MR) is 88.7 cm³/mol. The van der Waals surface area contributed by atoms with Crippen molar-refractivity contribution in [2.45, 2.75) is 19.9 Å². The number of rotatable bonds is 6. The second kappa shape index (κ2) is 7.68. The molecule has 0 unspecified atom stereocenters. The highest BCUT2D eigenvalue weighted by Crippen LogP contribution is 2.11. The molecule has 0 radical (unpaired) electrons. The van der Waals surface area contributed by atoms with Crippen LogP contribution in [0.3, 0.4) is 0 Å². The average molecular weight is 357 g/mol. The summed E-state index contributed by atoms with van der Waals surface area (Å²) in [6, 6.07) is 5.74. The van der Waals surface area contributed by atoms with E-state index in [9.17, 15) is 14.0 Å². The summed E-state index contributed by atoms with van der Waals surface area (Å²) in [5.41, 5.74) is 1.57. The van der Waals surface area contributed by atoms with Gasteiger partial charge in [-0.25, -0.2) is 18.7 Å². The Bertz CT molecular complexity index is 939. The fraction of sp³-hybridized carbons (Fsp3) is 0.235. The molecule has 1 aromatic carbocycles. The van der Waals surface area contributed by atoms with Gasteiger partial charge in [-0.15, -0.1) is 0 Å². The normalized spacial score (nSPS) is 10.7. The molecule has 9 heteroatoms. The van der Waals surface area contributed by atoms with Crippen molar-refractivity contribution in [1.82, 2.24) is 24.9 Å². The molecule has 0 atom stereocenters. The lowest BCUT2D eigenvalue weighted by Crippen LogP contribution is -2.28. The van der Waals surface area contributed by atoms with Gasteiger partial charge < -0.3 is 10.1 Å². The average Bonchev–Trinajstić information content (AvgIpc) is 3.13. The molecular formula is C17H16FN5O3. The Balaban J connectivity index is 1.58. The quantitative estimate of drug-likeness (QED) is 0.668. The van der Waals surface area contributed by atoms with Gasteiger partial charge >= 0.3 is 5.97 Å². The summed E-state index contributed by atoms with van der Waals surface area (Å²) in [5, 5.41) is 6.62. The van der Waals surface area contributed by atoms with Crippen molar-refractivity contribution in [3.8, 4) is 0 Å². The first-order valence-corrected chi connectivity index (χ1v) is 7.94. The molecule has 0 aliphatic carbocycles. The zero-order valence-electron chi connectivity index (χ0n) is 14.0. The van der Waals surface area contributed by atoms with Gasteiger partial charge in [-0.3, -0.25) is 4.79 Å². The number of nitrogens with one attached hydrogen (secondary N) is 1. The van der Waals surface area contributed by atoms with Gasteiger partial charge in [-0.2, -0.15) is 10.1 Å². The predicted octanol–water partition coefficient (Wildman–Crippen LogP) is 1.30. The number of aryl methyl sites for hydroxylation is 1. The molecule has 0 aliphatic rings. The van der Waals surface area contributed by atoms with Crippen LogP contribution in [0.25, 0.3) is 5.78 Å². The summed E-state index contributed by atoms with van der Waals surface area (Å²) in [6.45, 7) is 1.64. The van der Waals surface area contributed by atoms with Gasteiger partial charge in [0, 0.05) is 12.7 Å². The van der Waals surface area contributed by atoms with Crippen LogP contribution >= 0.6 is 0 Å². The molecule has 2 aromatic heterocycles. The molecule has 134 valence electrons. The van der Waals surface area contributed by atoms with Crippen LogP contribution in [0.5, 0.6) is 0 Å². The lowest BCUT2D eigenvalue weighted by molar-refractivity contribution is -0.124. The molecule has 0 bridgehead atoms. The molecule has 0 saturated carbocycles. The van der Waals surface area contributed by atoms with Crippen LogP contribution in [0.2, 0.25) is 0 Å². The minimum absolute atomic E-state index is 0.212. The van der Waals surface area contributed by atoms with Crippen molar-refractivity contribution in [3.63, 3.8) is 0 Å². The Morgan fingerprint density at radius 3 is 2.73 bits per heavy atom. The highest BCUT2D eigenvalue weighted by atomic mass is 19.1. The van der Waals surface area contributed by atoms with Crippen molar-refractivity contribution >= 4 is 17.7 Å². The van der Waals surface area contributed by atoms with Crippen LogP contribution < -0.4 is 5.32 Å². The number of esters is 1. The zero-order chi connectivity index (χ0) is 18.5. The molecule has 0 fully saturated rings. The maximum absolute atomic E-state index is 12.8. The maximum atomic E-state index is 12.8. The fourth-order valence-corrected chi connectivity index (χ4v) is 2.40. The summed E-state index contributed by atoms with van der Waals surface area (Å²) < 4.78 is 19.4. The Morgan fingerprint density at radius 1 is 1.23 bits per heavy atom. The van der Waals surface area contributed by atoms with Crippen molar-refractivity contribution < 1.29 is 18.7 Å². The van der Waals surface area contributed by atoms with E-state index in [2.05, 4.69) is 20.4 Å². The number of fused-ring (bicyclic) bond motifs is 1. The Hall–Kier alpha value is -3.36. The number of halogens is 1. The highest BCUT2D eigenvalue weighted by molar-refractivity contribution is 5.92. The molecule has 0 spiro atoms. The number of amides is 1. The van der Waals surface area contributed by atoms with Gasteiger partial charge in [0.1, 0.15) is 12.1 Å². The maximum Gasteiger partial charge on any atom is 0.342 e. The number of nitrogens with zero attached hydrogens (tertiary/aromatic N) is 4. The van der Waals surface area contributed by atoms with Crippen molar-refractivity contribution in [2.24, 2.45) is 0 Å². The lowest BCUT2D eigenvalue weighted by atomic mass is 10.2. The molecule has 1 amide bonds. The number of ether oxygens (including phenoxy) is 1. The lowest BCUT2D eigenvalue weighted by Gasteiger charge is -2.09. The minimum Gasteiger partial charge on any atom is -0.452 e. The summed E-state index contributed by atoms with van der Waals surface area (Å²) >= 11 is 0. The van der Waals surface area contributed by atoms with E-state index < -0.39 is 18.5 Å². The molecule has 0 aliphatic heterocycles. The summed E-state index contributed by atoms with van der Waals surface area (Å²) in [6.07, 6.45) is 3.23. The van der Waals surface area contributed by atoms with Crippen LogP contribution in [-0.4, -0.2) is 38.1 Å². The molecule has 3 rings (SSSR count). The number of benzene rings is 1. The summed E-state index contributed by atoms with van der Waals surface area (Å²) in [4.78, 5) is 32.1. The number of hydrogen-bond donors (Lipinski definition) is 1. The number of carbonyl (C=O) groups excluding carboxylic acids is 2. The van der Waals surface area contributed by atoms with Gasteiger partial charge in [0.15, 0.2) is 6.61 Å². The van der Waals surface area contributed by atoms with Crippen molar-refractivity contribution in [3.05, 3.63) is 59.4 Å². The van der Waals surface area contributed by atoms with E-state index in [0.29, 0.717) is 17.9 Å². The van der Waals surface area contributed by atoms with Gasteiger partial charge in [-0.05, 0) is 24.1 Å². The minimum atomic E-state index is -0.663. The smallest absolute Gasteiger partial charge is 0.342 e. The highest BCUT2D eigenvalue weighted by Gasteiger charge is 2.18. The standard InChI is InChI=1S/C17H16FN5O3/c1-2-14-13(8-20-17-21-10-22-23(14)17)16(25)26-9-15(24)19-7-11-3-5-12(18)6-4-11/h3-6,8,10H,2,7,9H2,1H3,(H,19,24). The summed E-state index contributed by atoms with van der Waals surface area (Å²) in [5.74, 6) is -1.09. The summed E-state index contributed by atoms with van der Waals surface area (Å²) in [7, 11) is 0. The van der Waals surface area contributed by atoms with E-state index in [1.807, 2.05) is 6.92 Å².